The Morgan fingerprint density at radius 3 is 2.19 bits per heavy atom. The molecule has 2 rings (SSSR count). The first-order chi connectivity index (χ1) is 13.0. The number of amides is 1. The van der Waals surface area contributed by atoms with Crippen molar-refractivity contribution < 1.29 is 23.7 Å². The fourth-order valence-electron chi connectivity index (χ4n) is 2.74. The van der Waals surface area contributed by atoms with Gasteiger partial charge in [0.1, 0.15) is 5.75 Å². The fraction of sp³-hybridized carbons (Fsp3) is 0.350. The highest BCUT2D eigenvalue weighted by Crippen LogP contribution is 2.39. The van der Waals surface area contributed by atoms with E-state index >= 15 is 0 Å². The molecule has 7 heteroatoms. The highest BCUT2D eigenvalue weighted by Gasteiger charge is 2.15. The Labute approximate surface area is 159 Å². The molecule has 27 heavy (non-hydrogen) atoms. The number of benzene rings is 2. The van der Waals surface area contributed by atoms with E-state index in [-0.39, 0.29) is 12.5 Å². The topological polar surface area (TPSA) is 69.3 Å². The molecule has 2 aromatic rings. The number of likely N-dealkylation sites (N-methyl/N-ethyl adjacent to an activating group) is 1. The van der Waals surface area contributed by atoms with E-state index in [4.69, 9.17) is 18.9 Å². The molecule has 0 fully saturated rings. The third-order valence-electron chi connectivity index (χ3n) is 3.95. The molecule has 7 nitrogen and oxygen atoms in total. The van der Waals surface area contributed by atoms with Crippen molar-refractivity contribution in [2.45, 2.75) is 6.54 Å². The molecule has 0 aliphatic carbocycles. The average Bonchev–Trinajstić information content (AvgIpc) is 2.66. The molecule has 0 atom stereocenters. The molecular weight excluding hydrogens is 348 g/mol. The molecule has 1 amide bonds. The Bertz CT molecular complexity index is 754. The number of rotatable bonds is 9. The number of carbonyl (C=O) groups excluding carboxylic acids is 1. The largest absolute Gasteiger partial charge is 0.497 e. The van der Waals surface area contributed by atoms with Gasteiger partial charge in [-0.3, -0.25) is 9.69 Å². The van der Waals surface area contributed by atoms with Gasteiger partial charge in [0.2, 0.25) is 11.7 Å². The standard InChI is InChI=1S/C20H26N2O5/c1-22(12-14-7-6-8-16(9-14)24-2)13-19(23)21-15-10-17(25-3)20(27-5)18(11-15)26-4/h6-11H,12-13H2,1-5H3,(H,21,23). The summed E-state index contributed by atoms with van der Waals surface area (Å²) in [4.78, 5) is 14.3. The molecular formula is C20H26N2O5. The molecule has 0 aliphatic rings. The van der Waals surface area contributed by atoms with E-state index in [1.807, 2.05) is 36.2 Å². The molecule has 0 aliphatic heterocycles. The van der Waals surface area contributed by atoms with Crippen LogP contribution in [0.3, 0.4) is 0 Å². The van der Waals surface area contributed by atoms with Crippen LogP contribution in [0, 0.1) is 0 Å². The molecule has 146 valence electrons. The number of anilines is 1. The second-order valence-electron chi connectivity index (χ2n) is 5.99. The first-order valence-corrected chi connectivity index (χ1v) is 8.42. The molecule has 0 unspecified atom stereocenters. The van der Waals surface area contributed by atoms with E-state index in [2.05, 4.69) is 5.32 Å². The predicted molar refractivity (Wildman–Crippen MR) is 104 cm³/mol. The first-order valence-electron chi connectivity index (χ1n) is 8.42. The van der Waals surface area contributed by atoms with Crippen molar-refractivity contribution in [3.63, 3.8) is 0 Å². The summed E-state index contributed by atoms with van der Waals surface area (Å²) < 4.78 is 21.1. The van der Waals surface area contributed by atoms with Crippen LogP contribution < -0.4 is 24.3 Å². The van der Waals surface area contributed by atoms with Crippen molar-refractivity contribution in [1.29, 1.82) is 0 Å². The van der Waals surface area contributed by atoms with Crippen molar-refractivity contribution in [2.24, 2.45) is 0 Å². The number of carbonyl (C=O) groups is 1. The lowest BCUT2D eigenvalue weighted by molar-refractivity contribution is -0.117. The lowest BCUT2D eigenvalue weighted by atomic mass is 10.2. The van der Waals surface area contributed by atoms with Gasteiger partial charge >= 0.3 is 0 Å². The predicted octanol–water partition coefficient (Wildman–Crippen LogP) is 2.79. The van der Waals surface area contributed by atoms with E-state index in [0.29, 0.717) is 29.5 Å². The SMILES string of the molecule is COc1cccc(CN(C)CC(=O)Nc2cc(OC)c(OC)c(OC)c2)c1. The van der Waals surface area contributed by atoms with Gasteiger partial charge in [0.05, 0.1) is 35.0 Å². The maximum absolute atomic E-state index is 12.4. The normalized spacial score (nSPS) is 10.4. The zero-order chi connectivity index (χ0) is 19.8. The van der Waals surface area contributed by atoms with Gasteiger partial charge in [-0.15, -0.1) is 0 Å². The van der Waals surface area contributed by atoms with Crippen LogP contribution >= 0.6 is 0 Å². The second kappa shape index (κ2) is 9.68. The van der Waals surface area contributed by atoms with Crippen LogP contribution in [0.4, 0.5) is 5.69 Å². The zero-order valence-electron chi connectivity index (χ0n) is 16.4. The number of nitrogens with zero attached hydrogens (tertiary/aromatic N) is 1. The Hall–Kier alpha value is -2.93. The molecule has 0 spiro atoms. The maximum atomic E-state index is 12.4. The monoisotopic (exact) mass is 374 g/mol. The maximum Gasteiger partial charge on any atom is 0.238 e. The van der Waals surface area contributed by atoms with Crippen LogP contribution in [0.15, 0.2) is 36.4 Å². The Morgan fingerprint density at radius 2 is 1.63 bits per heavy atom. The van der Waals surface area contributed by atoms with Gasteiger partial charge in [-0.2, -0.15) is 0 Å². The summed E-state index contributed by atoms with van der Waals surface area (Å²) in [5.74, 6) is 2.10. The van der Waals surface area contributed by atoms with Gasteiger partial charge < -0.3 is 24.3 Å². The first kappa shape index (κ1) is 20.4. The summed E-state index contributed by atoms with van der Waals surface area (Å²) in [6.45, 7) is 0.855. The van der Waals surface area contributed by atoms with Crippen LogP contribution in [-0.4, -0.2) is 52.8 Å². The highest BCUT2D eigenvalue weighted by atomic mass is 16.5. The van der Waals surface area contributed by atoms with Crippen molar-refractivity contribution >= 4 is 11.6 Å². The van der Waals surface area contributed by atoms with Crippen LogP contribution in [0.25, 0.3) is 0 Å². The number of methoxy groups -OCH3 is 4. The molecule has 0 aromatic heterocycles. The summed E-state index contributed by atoms with van der Waals surface area (Å²) in [6.07, 6.45) is 0. The van der Waals surface area contributed by atoms with Gasteiger partial charge in [-0.05, 0) is 24.7 Å². The second-order valence-corrected chi connectivity index (χ2v) is 5.99. The van der Waals surface area contributed by atoms with E-state index < -0.39 is 0 Å². The van der Waals surface area contributed by atoms with Gasteiger partial charge in [0.15, 0.2) is 11.5 Å². The average molecular weight is 374 g/mol. The van der Waals surface area contributed by atoms with E-state index in [9.17, 15) is 4.79 Å². The van der Waals surface area contributed by atoms with Gasteiger partial charge in [0, 0.05) is 24.4 Å². The summed E-state index contributed by atoms with van der Waals surface area (Å²) in [5, 5.41) is 2.86. The molecule has 0 saturated heterocycles. The van der Waals surface area contributed by atoms with Gasteiger partial charge in [0.25, 0.3) is 0 Å². The number of nitrogens with one attached hydrogen (secondary N) is 1. The van der Waals surface area contributed by atoms with Crippen molar-refractivity contribution in [2.75, 3.05) is 47.3 Å². The summed E-state index contributed by atoms with van der Waals surface area (Å²) in [6, 6.07) is 11.2. The van der Waals surface area contributed by atoms with E-state index in [0.717, 1.165) is 11.3 Å². The third kappa shape index (κ3) is 5.52. The Morgan fingerprint density at radius 1 is 0.963 bits per heavy atom. The Kier molecular flexibility index (Phi) is 7.31. The molecule has 0 radical (unpaired) electrons. The zero-order valence-corrected chi connectivity index (χ0v) is 16.4. The van der Waals surface area contributed by atoms with Crippen molar-refractivity contribution in [3.05, 3.63) is 42.0 Å². The van der Waals surface area contributed by atoms with Crippen LogP contribution in [0.5, 0.6) is 23.0 Å². The van der Waals surface area contributed by atoms with Crippen LogP contribution in [-0.2, 0) is 11.3 Å². The van der Waals surface area contributed by atoms with Crippen molar-refractivity contribution in [3.8, 4) is 23.0 Å². The quantitative estimate of drug-likeness (QED) is 0.728. The van der Waals surface area contributed by atoms with E-state index in [1.54, 1.807) is 19.2 Å². The minimum atomic E-state index is -0.144. The highest BCUT2D eigenvalue weighted by molar-refractivity contribution is 5.93. The molecule has 0 heterocycles. The van der Waals surface area contributed by atoms with E-state index in [1.165, 1.54) is 21.3 Å². The molecule has 2 aromatic carbocycles. The van der Waals surface area contributed by atoms with Crippen LogP contribution in [0.2, 0.25) is 0 Å². The fourth-order valence-corrected chi connectivity index (χ4v) is 2.74. The molecule has 1 N–H and O–H groups in total. The minimum absolute atomic E-state index is 0.144. The smallest absolute Gasteiger partial charge is 0.238 e. The summed E-state index contributed by atoms with van der Waals surface area (Å²) >= 11 is 0. The Balaban J connectivity index is 2.02. The van der Waals surface area contributed by atoms with Crippen LogP contribution in [0.1, 0.15) is 5.56 Å². The van der Waals surface area contributed by atoms with Gasteiger partial charge in [-0.25, -0.2) is 0 Å². The summed E-state index contributed by atoms with van der Waals surface area (Å²) in [5.41, 5.74) is 1.64. The number of hydrogen-bond donors (Lipinski definition) is 1. The lowest BCUT2D eigenvalue weighted by Gasteiger charge is -2.18. The lowest BCUT2D eigenvalue weighted by Crippen LogP contribution is -2.29. The molecule has 0 saturated carbocycles. The molecule has 0 bridgehead atoms. The number of ether oxygens (including phenoxy) is 4. The third-order valence-corrected chi connectivity index (χ3v) is 3.95. The van der Waals surface area contributed by atoms with Gasteiger partial charge in [-0.1, -0.05) is 12.1 Å². The minimum Gasteiger partial charge on any atom is -0.497 e. The number of hydrogen-bond acceptors (Lipinski definition) is 6. The summed E-state index contributed by atoms with van der Waals surface area (Å²) in [7, 11) is 8.11. The van der Waals surface area contributed by atoms with Crippen molar-refractivity contribution in [1.82, 2.24) is 4.90 Å².